The lowest BCUT2D eigenvalue weighted by atomic mass is 10.4. The summed E-state index contributed by atoms with van der Waals surface area (Å²) in [5.41, 5.74) is 0. The predicted octanol–water partition coefficient (Wildman–Crippen LogP) is 2.52. The molecule has 4 nitrogen and oxygen atoms in total. The quantitative estimate of drug-likeness (QED) is 0.873. The van der Waals surface area contributed by atoms with Crippen LogP contribution in [0.1, 0.15) is 15.5 Å². The van der Waals surface area contributed by atoms with Crippen LogP contribution < -0.4 is 0 Å². The van der Waals surface area contributed by atoms with Gasteiger partial charge in [0.2, 0.25) is 0 Å². The van der Waals surface area contributed by atoms with E-state index in [9.17, 15) is 4.79 Å². The molecule has 6 heteroatoms. The van der Waals surface area contributed by atoms with Crippen LogP contribution in [0.25, 0.3) is 0 Å². The molecule has 0 aliphatic carbocycles. The van der Waals surface area contributed by atoms with Crippen molar-refractivity contribution in [2.75, 3.05) is 7.05 Å². The highest BCUT2D eigenvalue weighted by Crippen LogP contribution is 2.24. The van der Waals surface area contributed by atoms with Crippen LogP contribution in [0, 0.1) is 0 Å². The summed E-state index contributed by atoms with van der Waals surface area (Å²) >= 11 is 4.81. The number of amides is 1. The van der Waals surface area contributed by atoms with Crippen molar-refractivity contribution >= 4 is 33.2 Å². The van der Waals surface area contributed by atoms with Crippen LogP contribution in [0.4, 0.5) is 0 Å². The molecule has 2 rings (SSSR count). The summed E-state index contributed by atoms with van der Waals surface area (Å²) < 4.78 is 2.76. The Bertz CT molecular complexity index is 534. The van der Waals surface area contributed by atoms with Crippen molar-refractivity contribution in [1.29, 1.82) is 0 Å². The summed E-state index contributed by atoms with van der Waals surface area (Å²) in [5.74, 6) is 0.878. The summed E-state index contributed by atoms with van der Waals surface area (Å²) in [6, 6.07) is 1.88. The van der Waals surface area contributed by atoms with Gasteiger partial charge >= 0.3 is 0 Å². The minimum atomic E-state index is 0.00914. The van der Waals surface area contributed by atoms with Gasteiger partial charge in [0.25, 0.3) is 5.91 Å². The van der Waals surface area contributed by atoms with Gasteiger partial charge in [0.1, 0.15) is 10.7 Å². The van der Waals surface area contributed by atoms with E-state index in [2.05, 4.69) is 20.9 Å². The maximum atomic E-state index is 12.1. The van der Waals surface area contributed by atoms with E-state index < -0.39 is 0 Å². The van der Waals surface area contributed by atoms with Crippen molar-refractivity contribution in [3.05, 3.63) is 39.0 Å². The second-order valence-electron chi connectivity index (χ2n) is 3.71. The van der Waals surface area contributed by atoms with E-state index in [0.717, 1.165) is 15.2 Å². The largest absolute Gasteiger partial charge is 0.337 e. The Morgan fingerprint density at radius 1 is 1.65 bits per heavy atom. The Morgan fingerprint density at radius 2 is 2.41 bits per heavy atom. The fraction of sp³-hybridized carbons (Fsp3) is 0.273. The van der Waals surface area contributed by atoms with E-state index in [1.165, 1.54) is 11.3 Å². The molecule has 0 spiro atoms. The number of halogens is 1. The van der Waals surface area contributed by atoms with Crippen LogP contribution in [0.3, 0.4) is 0 Å². The van der Waals surface area contributed by atoms with Gasteiger partial charge in [-0.2, -0.15) is 0 Å². The highest BCUT2D eigenvalue weighted by Gasteiger charge is 2.17. The molecule has 1 amide bonds. The molecule has 0 atom stereocenters. The average molecular weight is 314 g/mol. The molecule has 90 valence electrons. The number of carbonyl (C=O) groups is 1. The lowest BCUT2D eigenvalue weighted by molar-refractivity contribution is 0.0784. The number of thiophene rings is 1. The molecule has 0 unspecified atom stereocenters. The summed E-state index contributed by atoms with van der Waals surface area (Å²) in [6.45, 7) is 0.507. The standard InChI is InChI=1S/C11H12BrN3OS/c1-14-5-4-13-9(14)7-15(2)11(16)10-8(12)3-6-17-10/h3-6H,7H2,1-2H3. The first-order chi connectivity index (χ1) is 8.09. The van der Waals surface area contributed by atoms with Crippen LogP contribution in [-0.4, -0.2) is 27.4 Å². The van der Waals surface area contributed by atoms with Crippen molar-refractivity contribution in [1.82, 2.24) is 14.5 Å². The highest BCUT2D eigenvalue weighted by atomic mass is 79.9. The summed E-state index contributed by atoms with van der Waals surface area (Å²) in [7, 11) is 3.70. The maximum absolute atomic E-state index is 12.1. The molecule has 0 aliphatic heterocycles. The van der Waals surface area contributed by atoms with Crippen LogP contribution in [0.2, 0.25) is 0 Å². The normalized spacial score (nSPS) is 10.5. The molecule has 2 heterocycles. The van der Waals surface area contributed by atoms with Gasteiger partial charge in [-0.15, -0.1) is 11.3 Å². The van der Waals surface area contributed by atoms with E-state index in [-0.39, 0.29) is 5.91 Å². The lowest BCUT2D eigenvalue weighted by Gasteiger charge is -2.16. The Morgan fingerprint density at radius 3 is 2.94 bits per heavy atom. The number of hydrogen-bond donors (Lipinski definition) is 0. The summed E-state index contributed by atoms with van der Waals surface area (Å²) in [6.07, 6.45) is 3.60. The van der Waals surface area contributed by atoms with E-state index in [4.69, 9.17) is 0 Å². The third-order valence-electron chi connectivity index (χ3n) is 2.46. The fourth-order valence-electron chi connectivity index (χ4n) is 1.45. The minimum Gasteiger partial charge on any atom is -0.337 e. The number of nitrogens with zero attached hydrogens (tertiary/aromatic N) is 3. The Labute approximate surface area is 112 Å². The third-order valence-corrected chi connectivity index (χ3v) is 4.28. The predicted molar refractivity (Wildman–Crippen MR) is 71.0 cm³/mol. The SMILES string of the molecule is CN(Cc1nccn1C)C(=O)c1sccc1Br. The van der Waals surface area contributed by atoms with E-state index >= 15 is 0 Å². The van der Waals surface area contributed by atoms with Crippen molar-refractivity contribution in [2.24, 2.45) is 7.05 Å². The molecule has 0 saturated heterocycles. The molecule has 0 radical (unpaired) electrons. The summed E-state index contributed by atoms with van der Waals surface area (Å²) in [4.78, 5) is 18.7. The molecule has 2 aromatic heterocycles. The number of hydrogen-bond acceptors (Lipinski definition) is 3. The molecular formula is C11H12BrN3OS. The zero-order valence-electron chi connectivity index (χ0n) is 9.55. The van der Waals surface area contributed by atoms with E-state index in [1.54, 1.807) is 18.1 Å². The monoisotopic (exact) mass is 313 g/mol. The maximum Gasteiger partial charge on any atom is 0.265 e. The van der Waals surface area contributed by atoms with E-state index in [0.29, 0.717) is 6.54 Å². The van der Waals surface area contributed by atoms with Gasteiger partial charge in [0.05, 0.1) is 6.54 Å². The van der Waals surface area contributed by atoms with Crippen LogP contribution in [-0.2, 0) is 13.6 Å². The number of aryl methyl sites for hydroxylation is 1. The van der Waals surface area contributed by atoms with E-state index in [1.807, 2.05) is 29.3 Å². The third kappa shape index (κ3) is 2.58. The minimum absolute atomic E-state index is 0.00914. The first-order valence-electron chi connectivity index (χ1n) is 5.04. The van der Waals surface area contributed by atoms with Gasteiger partial charge in [-0.3, -0.25) is 4.79 Å². The molecule has 0 N–H and O–H groups in total. The Kier molecular flexibility index (Phi) is 3.63. The Balaban J connectivity index is 2.11. The molecule has 17 heavy (non-hydrogen) atoms. The molecule has 0 saturated carbocycles. The molecular weight excluding hydrogens is 302 g/mol. The molecule has 0 aliphatic rings. The molecule has 0 aromatic carbocycles. The Hall–Kier alpha value is -1.14. The van der Waals surface area contributed by atoms with Gasteiger partial charge in [0.15, 0.2) is 0 Å². The zero-order chi connectivity index (χ0) is 12.4. The van der Waals surface area contributed by atoms with Crippen LogP contribution in [0.15, 0.2) is 28.3 Å². The average Bonchev–Trinajstić information content (AvgIpc) is 2.88. The molecule has 0 bridgehead atoms. The first kappa shape index (κ1) is 12.3. The van der Waals surface area contributed by atoms with Crippen molar-refractivity contribution in [3.63, 3.8) is 0 Å². The summed E-state index contributed by atoms with van der Waals surface area (Å²) in [5, 5.41) is 1.89. The van der Waals surface area contributed by atoms with Crippen LogP contribution >= 0.6 is 27.3 Å². The van der Waals surface area contributed by atoms with Crippen molar-refractivity contribution in [2.45, 2.75) is 6.54 Å². The first-order valence-corrected chi connectivity index (χ1v) is 6.71. The van der Waals surface area contributed by atoms with Gasteiger partial charge in [-0.05, 0) is 27.4 Å². The molecule has 0 fully saturated rings. The van der Waals surface area contributed by atoms with Gasteiger partial charge in [-0.25, -0.2) is 4.98 Å². The number of carbonyl (C=O) groups excluding carboxylic acids is 1. The van der Waals surface area contributed by atoms with Crippen molar-refractivity contribution in [3.8, 4) is 0 Å². The van der Waals surface area contributed by atoms with Gasteiger partial charge in [-0.1, -0.05) is 0 Å². The molecule has 2 aromatic rings. The van der Waals surface area contributed by atoms with Crippen molar-refractivity contribution < 1.29 is 4.79 Å². The number of aromatic nitrogens is 2. The zero-order valence-corrected chi connectivity index (χ0v) is 12.0. The smallest absolute Gasteiger partial charge is 0.265 e. The second-order valence-corrected chi connectivity index (χ2v) is 5.48. The van der Waals surface area contributed by atoms with Gasteiger partial charge in [0, 0.05) is 31.0 Å². The number of imidazole rings is 1. The van der Waals surface area contributed by atoms with Gasteiger partial charge < -0.3 is 9.47 Å². The van der Waals surface area contributed by atoms with Crippen LogP contribution in [0.5, 0.6) is 0 Å². The topological polar surface area (TPSA) is 38.1 Å². The highest BCUT2D eigenvalue weighted by molar-refractivity contribution is 9.10. The number of rotatable bonds is 3. The lowest BCUT2D eigenvalue weighted by Crippen LogP contribution is -2.27. The fourth-order valence-corrected chi connectivity index (χ4v) is 2.99. The second kappa shape index (κ2) is 5.01.